The number of hydrogen-bond acceptors (Lipinski definition) is 3. The zero-order valence-corrected chi connectivity index (χ0v) is 18.4. The summed E-state index contributed by atoms with van der Waals surface area (Å²) >= 11 is 0. The predicted molar refractivity (Wildman–Crippen MR) is 126 cm³/mol. The number of nitrogens with one attached hydrogen (secondary N) is 1. The third kappa shape index (κ3) is 6.98. The summed E-state index contributed by atoms with van der Waals surface area (Å²) in [6.45, 7) is 2.90. The van der Waals surface area contributed by atoms with Gasteiger partial charge in [-0.3, -0.25) is 4.79 Å². The molecule has 0 heterocycles. The molecule has 0 fully saturated rings. The molecule has 0 bridgehead atoms. The van der Waals surface area contributed by atoms with E-state index in [4.69, 9.17) is 4.74 Å². The van der Waals surface area contributed by atoms with Gasteiger partial charge in [-0.2, -0.15) is 0 Å². The van der Waals surface area contributed by atoms with Gasteiger partial charge in [0.05, 0.1) is 6.61 Å². The maximum Gasteiger partial charge on any atom is 0.325 e. The zero-order valence-electron chi connectivity index (χ0n) is 18.4. The molecular weight excluding hydrogens is 400 g/mol. The van der Waals surface area contributed by atoms with Gasteiger partial charge in [-0.15, -0.1) is 0 Å². The molecule has 0 saturated carbocycles. The highest BCUT2D eigenvalue weighted by atomic mass is 16.5. The van der Waals surface area contributed by atoms with Crippen LogP contribution < -0.4 is 5.32 Å². The highest BCUT2D eigenvalue weighted by Gasteiger charge is 2.20. The molecule has 0 aliphatic carbocycles. The van der Waals surface area contributed by atoms with E-state index in [0.717, 1.165) is 12.0 Å². The lowest BCUT2D eigenvalue weighted by molar-refractivity contribution is -0.141. The van der Waals surface area contributed by atoms with Gasteiger partial charge in [-0.05, 0) is 30.0 Å². The van der Waals surface area contributed by atoms with Crippen molar-refractivity contribution in [3.8, 4) is 0 Å². The summed E-state index contributed by atoms with van der Waals surface area (Å²) in [6.07, 6.45) is 0.758. The number of ether oxygens (including phenoxy) is 1. The van der Waals surface area contributed by atoms with E-state index in [0.29, 0.717) is 13.1 Å². The van der Waals surface area contributed by atoms with Gasteiger partial charge in [0.2, 0.25) is 0 Å². The molecule has 3 rings (SSSR count). The summed E-state index contributed by atoms with van der Waals surface area (Å²) in [5.41, 5.74) is 3.46. The summed E-state index contributed by atoms with van der Waals surface area (Å²) in [4.78, 5) is 26.4. The molecule has 5 nitrogen and oxygen atoms in total. The van der Waals surface area contributed by atoms with Crippen LogP contribution in [0.4, 0.5) is 4.79 Å². The summed E-state index contributed by atoms with van der Waals surface area (Å²) in [6, 6.07) is 30.3. The quantitative estimate of drug-likeness (QED) is 0.461. The summed E-state index contributed by atoms with van der Waals surface area (Å²) in [5, 5.41) is 2.70. The first-order chi connectivity index (χ1) is 15.7. The Hall–Kier alpha value is -3.60. The van der Waals surface area contributed by atoms with Crippen molar-refractivity contribution in [2.75, 3.05) is 19.7 Å². The predicted octanol–water partition coefficient (Wildman–Crippen LogP) is 4.98. The fourth-order valence-corrected chi connectivity index (χ4v) is 3.71. The van der Waals surface area contributed by atoms with Crippen molar-refractivity contribution in [2.24, 2.45) is 0 Å². The van der Waals surface area contributed by atoms with Gasteiger partial charge in [0.1, 0.15) is 6.54 Å². The number of carbonyl (C=O) groups is 2. The molecule has 3 aromatic rings. The van der Waals surface area contributed by atoms with E-state index in [1.165, 1.54) is 11.1 Å². The van der Waals surface area contributed by atoms with Crippen LogP contribution in [-0.4, -0.2) is 36.6 Å². The Kier molecular flexibility index (Phi) is 8.87. The van der Waals surface area contributed by atoms with E-state index in [2.05, 4.69) is 29.6 Å². The van der Waals surface area contributed by atoms with Gasteiger partial charge in [0, 0.05) is 19.0 Å². The zero-order chi connectivity index (χ0) is 22.6. The molecule has 0 saturated heterocycles. The second kappa shape index (κ2) is 12.3. The number of urea groups is 1. The van der Waals surface area contributed by atoms with Gasteiger partial charge < -0.3 is 15.0 Å². The van der Waals surface area contributed by atoms with Crippen LogP contribution in [0.1, 0.15) is 36.0 Å². The minimum absolute atomic E-state index is 0.140. The Morgan fingerprint density at radius 1 is 0.844 bits per heavy atom. The van der Waals surface area contributed by atoms with Crippen molar-refractivity contribution in [1.82, 2.24) is 10.2 Å². The number of esters is 1. The van der Waals surface area contributed by atoms with Crippen LogP contribution in [-0.2, 0) is 16.1 Å². The molecule has 0 aliphatic heterocycles. The van der Waals surface area contributed by atoms with Crippen LogP contribution in [0.15, 0.2) is 91.0 Å². The lowest BCUT2D eigenvalue weighted by atomic mass is 9.88. The summed E-state index contributed by atoms with van der Waals surface area (Å²) < 4.78 is 4.93. The Morgan fingerprint density at radius 3 is 1.91 bits per heavy atom. The molecule has 3 aromatic carbocycles. The molecule has 166 valence electrons. The first kappa shape index (κ1) is 23.1. The van der Waals surface area contributed by atoms with Crippen molar-refractivity contribution >= 4 is 12.0 Å². The van der Waals surface area contributed by atoms with Gasteiger partial charge in [-0.25, -0.2) is 4.79 Å². The molecule has 0 spiro atoms. The Balaban J connectivity index is 1.75. The normalized spacial score (nSPS) is 10.6. The number of nitrogens with zero attached hydrogens (tertiary/aromatic N) is 1. The smallest absolute Gasteiger partial charge is 0.325 e. The standard InChI is InChI=1S/C27H30N2O3/c1-2-32-26(30)20-28-27(31)29(21-22-12-6-3-7-13-22)19-18-25(23-14-8-4-9-15-23)24-16-10-5-11-17-24/h3-17,25H,2,18-21H2,1H3,(H,28,31). The maximum absolute atomic E-state index is 12.9. The van der Waals surface area contributed by atoms with E-state index in [1.54, 1.807) is 11.8 Å². The molecular formula is C27H30N2O3. The number of amides is 2. The Bertz CT molecular complexity index is 922. The van der Waals surface area contributed by atoms with Crippen molar-refractivity contribution in [3.63, 3.8) is 0 Å². The van der Waals surface area contributed by atoms with Crippen molar-refractivity contribution < 1.29 is 14.3 Å². The van der Waals surface area contributed by atoms with E-state index < -0.39 is 5.97 Å². The minimum Gasteiger partial charge on any atom is -0.465 e. The Morgan fingerprint density at radius 2 is 1.38 bits per heavy atom. The monoisotopic (exact) mass is 430 g/mol. The molecule has 0 radical (unpaired) electrons. The van der Waals surface area contributed by atoms with Crippen LogP contribution >= 0.6 is 0 Å². The van der Waals surface area contributed by atoms with Crippen molar-refractivity contribution in [2.45, 2.75) is 25.8 Å². The average molecular weight is 431 g/mol. The second-order valence-electron chi connectivity index (χ2n) is 7.53. The molecule has 5 heteroatoms. The lowest BCUT2D eigenvalue weighted by Gasteiger charge is -2.26. The minimum atomic E-state index is -0.438. The molecule has 2 amide bonds. The largest absolute Gasteiger partial charge is 0.465 e. The number of hydrogen-bond donors (Lipinski definition) is 1. The molecule has 0 aromatic heterocycles. The Labute approximate surface area is 190 Å². The fourth-order valence-electron chi connectivity index (χ4n) is 3.71. The first-order valence-corrected chi connectivity index (χ1v) is 11.0. The second-order valence-corrected chi connectivity index (χ2v) is 7.53. The van der Waals surface area contributed by atoms with Crippen LogP contribution in [0.5, 0.6) is 0 Å². The first-order valence-electron chi connectivity index (χ1n) is 11.0. The molecule has 0 atom stereocenters. The maximum atomic E-state index is 12.9. The molecule has 0 unspecified atom stereocenters. The highest BCUT2D eigenvalue weighted by Crippen LogP contribution is 2.28. The van der Waals surface area contributed by atoms with Gasteiger partial charge in [0.15, 0.2) is 0 Å². The third-order valence-corrected chi connectivity index (χ3v) is 5.28. The van der Waals surface area contributed by atoms with E-state index >= 15 is 0 Å². The van der Waals surface area contributed by atoms with Crippen LogP contribution in [0, 0.1) is 0 Å². The van der Waals surface area contributed by atoms with Crippen molar-refractivity contribution in [3.05, 3.63) is 108 Å². The lowest BCUT2D eigenvalue weighted by Crippen LogP contribution is -2.42. The summed E-state index contributed by atoms with van der Waals surface area (Å²) in [7, 11) is 0. The van der Waals surface area contributed by atoms with Gasteiger partial charge >= 0.3 is 12.0 Å². The van der Waals surface area contributed by atoms with Gasteiger partial charge in [0.25, 0.3) is 0 Å². The van der Waals surface area contributed by atoms with Crippen LogP contribution in [0.25, 0.3) is 0 Å². The number of benzene rings is 3. The average Bonchev–Trinajstić information content (AvgIpc) is 2.84. The fraction of sp³-hybridized carbons (Fsp3) is 0.259. The number of carbonyl (C=O) groups excluding carboxylic acids is 2. The molecule has 0 aliphatic rings. The van der Waals surface area contributed by atoms with E-state index in [9.17, 15) is 9.59 Å². The molecule has 32 heavy (non-hydrogen) atoms. The van der Waals surface area contributed by atoms with Crippen LogP contribution in [0.2, 0.25) is 0 Å². The number of rotatable bonds is 10. The van der Waals surface area contributed by atoms with Gasteiger partial charge in [-0.1, -0.05) is 91.0 Å². The molecule has 1 N–H and O–H groups in total. The third-order valence-electron chi connectivity index (χ3n) is 5.28. The van der Waals surface area contributed by atoms with E-state index in [-0.39, 0.29) is 25.1 Å². The SMILES string of the molecule is CCOC(=O)CNC(=O)N(CCC(c1ccccc1)c1ccccc1)Cc1ccccc1. The summed E-state index contributed by atoms with van der Waals surface area (Å²) in [5.74, 6) is -0.277. The topological polar surface area (TPSA) is 58.6 Å². The van der Waals surface area contributed by atoms with Crippen LogP contribution in [0.3, 0.4) is 0 Å². The van der Waals surface area contributed by atoms with E-state index in [1.807, 2.05) is 66.7 Å². The highest BCUT2D eigenvalue weighted by molar-refractivity contribution is 5.80. The van der Waals surface area contributed by atoms with Crippen molar-refractivity contribution in [1.29, 1.82) is 0 Å².